The van der Waals surface area contributed by atoms with Crippen molar-refractivity contribution in [3.8, 4) is 11.5 Å². The molecule has 2 aromatic carbocycles. The molecule has 0 heterocycles. The Bertz CT molecular complexity index is 740. The minimum Gasteiger partial charge on any atom is -0.497 e. The van der Waals surface area contributed by atoms with Crippen LogP contribution in [0, 0.1) is 0 Å². The zero-order chi connectivity index (χ0) is 18.2. The normalized spacial score (nSPS) is 10.2. The lowest BCUT2D eigenvalue weighted by molar-refractivity contribution is -0.119. The summed E-state index contributed by atoms with van der Waals surface area (Å²) in [6.45, 7) is 2.94. The van der Waals surface area contributed by atoms with Crippen molar-refractivity contribution in [2.75, 3.05) is 25.6 Å². The number of carbonyl (C=O) groups excluding carboxylic acids is 1. The number of hydrogen-bond donors (Lipinski definition) is 2. The molecule has 2 N–H and O–H groups in total. The molecule has 0 aliphatic carbocycles. The Kier molecular flexibility index (Phi) is 7.40. The molecule has 0 atom stereocenters. The molecular weight excluding hydrogens is 408 g/mol. The van der Waals surface area contributed by atoms with E-state index in [1.54, 1.807) is 19.2 Å². The third kappa shape index (κ3) is 5.83. The first-order valence-electron chi connectivity index (χ1n) is 7.78. The van der Waals surface area contributed by atoms with E-state index in [4.69, 9.17) is 21.1 Å². The number of ether oxygens (including phenoxy) is 2. The van der Waals surface area contributed by atoms with Gasteiger partial charge < -0.3 is 20.1 Å². The van der Waals surface area contributed by atoms with Crippen LogP contribution in [0.1, 0.15) is 12.5 Å². The van der Waals surface area contributed by atoms with Gasteiger partial charge in [0, 0.05) is 11.6 Å². The molecule has 0 radical (unpaired) electrons. The number of carbonyl (C=O) groups is 1. The molecule has 0 unspecified atom stereocenters. The first-order chi connectivity index (χ1) is 12.0. The maximum Gasteiger partial charge on any atom is 0.239 e. The van der Waals surface area contributed by atoms with Gasteiger partial charge in [0.15, 0.2) is 5.75 Å². The van der Waals surface area contributed by atoms with E-state index < -0.39 is 0 Å². The van der Waals surface area contributed by atoms with E-state index >= 15 is 0 Å². The minimum atomic E-state index is -0.138. The first-order valence-corrected chi connectivity index (χ1v) is 8.96. The van der Waals surface area contributed by atoms with Crippen LogP contribution in [-0.4, -0.2) is 26.2 Å². The highest BCUT2D eigenvalue weighted by atomic mass is 79.9. The van der Waals surface area contributed by atoms with Gasteiger partial charge in [0.2, 0.25) is 5.91 Å². The molecule has 134 valence electrons. The summed E-state index contributed by atoms with van der Waals surface area (Å²) < 4.78 is 11.5. The molecule has 2 rings (SSSR count). The summed E-state index contributed by atoms with van der Waals surface area (Å²) >= 11 is 9.49. The minimum absolute atomic E-state index is 0.108. The molecular formula is C18H20BrClN2O3. The molecule has 2 aromatic rings. The number of hydrogen-bond acceptors (Lipinski definition) is 4. The van der Waals surface area contributed by atoms with E-state index in [2.05, 4.69) is 26.6 Å². The Morgan fingerprint density at radius 3 is 2.80 bits per heavy atom. The lowest BCUT2D eigenvalue weighted by Gasteiger charge is -2.14. The van der Waals surface area contributed by atoms with Crippen LogP contribution in [0.15, 0.2) is 40.9 Å². The van der Waals surface area contributed by atoms with Crippen molar-refractivity contribution in [1.29, 1.82) is 0 Å². The summed E-state index contributed by atoms with van der Waals surface area (Å²) in [5, 5.41) is 6.47. The first kappa shape index (κ1) is 19.4. The zero-order valence-electron chi connectivity index (χ0n) is 14.1. The number of rotatable bonds is 8. The van der Waals surface area contributed by atoms with Crippen LogP contribution in [0.4, 0.5) is 5.69 Å². The van der Waals surface area contributed by atoms with Crippen LogP contribution < -0.4 is 20.1 Å². The van der Waals surface area contributed by atoms with Crippen LogP contribution in [0.25, 0.3) is 0 Å². The number of anilines is 1. The molecule has 0 aliphatic heterocycles. The third-order valence-electron chi connectivity index (χ3n) is 3.36. The number of benzene rings is 2. The average molecular weight is 428 g/mol. The van der Waals surface area contributed by atoms with E-state index in [1.165, 1.54) is 0 Å². The maximum absolute atomic E-state index is 12.1. The fourth-order valence-electron chi connectivity index (χ4n) is 2.20. The predicted octanol–water partition coefficient (Wildman–Crippen LogP) is 4.24. The van der Waals surface area contributed by atoms with Gasteiger partial charge in [0.05, 0.1) is 30.4 Å². The van der Waals surface area contributed by atoms with E-state index in [9.17, 15) is 4.79 Å². The monoisotopic (exact) mass is 426 g/mol. The van der Waals surface area contributed by atoms with Crippen molar-refractivity contribution < 1.29 is 14.3 Å². The van der Waals surface area contributed by atoms with Gasteiger partial charge >= 0.3 is 0 Å². The van der Waals surface area contributed by atoms with Crippen molar-refractivity contribution in [3.05, 3.63) is 51.5 Å². The fraction of sp³-hybridized carbons (Fsp3) is 0.278. The highest BCUT2D eigenvalue weighted by Gasteiger charge is 2.11. The molecule has 25 heavy (non-hydrogen) atoms. The van der Waals surface area contributed by atoms with Crippen LogP contribution in [0.2, 0.25) is 5.02 Å². The fourth-order valence-corrected chi connectivity index (χ4v) is 3.13. The second-order valence-electron chi connectivity index (χ2n) is 5.18. The SMILES string of the molecule is CCOc1c(Br)cc(Cl)cc1NCC(=O)NCc1cccc(OC)c1. The molecule has 0 aromatic heterocycles. The summed E-state index contributed by atoms with van der Waals surface area (Å²) in [5.41, 5.74) is 1.63. The van der Waals surface area contributed by atoms with Crippen molar-refractivity contribution in [2.24, 2.45) is 0 Å². The van der Waals surface area contributed by atoms with Crippen LogP contribution in [-0.2, 0) is 11.3 Å². The molecule has 0 spiro atoms. The Balaban J connectivity index is 1.93. The predicted molar refractivity (Wildman–Crippen MR) is 104 cm³/mol. The van der Waals surface area contributed by atoms with E-state index in [1.807, 2.05) is 31.2 Å². The Morgan fingerprint density at radius 2 is 2.08 bits per heavy atom. The van der Waals surface area contributed by atoms with Gasteiger partial charge in [0.25, 0.3) is 0 Å². The van der Waals surface area contributed by atoms with Crippen LogP contribution >= 0.6 is 27.5 Å². The van der Waals surface area contributed by atoms with Crippen LogP contribution in [0.5, 0.6) is 11.5 Å². The molecule has 7 heteroatoms. The third-order valence-corrected chi connectivity index (χ3v) is 4.17. The molecule has 0 aliphatic rings. The molecule has 5 nitrogen and oxygen atoms in total. The standard InChI is InChI=1S/C18H20BrClN2O3/c1-3-25-18-15(19)8-13(20)9-16(18)21-11-17(23)22-10-12-5-4-6-14(7-12)24-2/h4-9,21H,3,10-11H2,1-2H3,(H,22,23). The Hall–Kier alpha value is -1.92. The second-order valence-corrected chi connectivity index (χ2v) is 6.47. The molecule has 0 saturated heterocycles. The lowest BCUT2D eigenvalue weighted by atomic mass is 10.2. The van der Waals surface area contributed by atoms with E-state index in [0.29, 0.717) is 29.6 Å². The van der Waals surface area contributed by atoms with E-state index in [-0.39, 0.29) is 12.5 Å². The summed E-state index contributed by atoms with van der Waals surface area (Å²) in [6, 6.07) is 11.0. The topological polar surface area (TPSA) is 59.6 Å². The average Bonchev–Trinajstić information content (AvgIpc) is 2.60. The second kappa shape index (κ2) is 9.53. The van der Waals surface area contributed by atoms with Crippen molar-refractivity contribution >= 4 is 39.1 Å². The Labute approximate surface area is 160 Å². The van der Waals surface area contributed by atoms with E-state index in [0.717, 1.165) is 15.8 Å². The van der Waals surface area contributed by atoms with Gasteiger partial charge in [-0.3, -0.25) is 4.79 Å². The molecule has 0 bridgehead atoms. The Morgan fingerprint density at radius 1 is 1.28 bits per heavy atom. The highest BCUT2D eigenvalue weighted by molar-refractivity contribution is 9.10. The quantitative estimate of drug-likeness (QED) is 0.661. The maximum atomic E-state index is 12.1. The summed E-state index contributed by atoms with van der Waals surface area (Å²) in [5.74, 6) is 1.25. The number of nitrogens with one attached hydrogen (secondary N) is 2. The van der Waals surface area contributed by atoms with Crippen molar-refractivity contribution in [3.63, 3.8) is 0 Å². The lowest BCUT2D eigenvalue weighted by Crippen LogP contribution is -2.29. The van der Waals surface area contributed by atoms with Crippen molar-refractivity contribution in [1.82, 2.24) is 5.32 Å². The highest BCUT2D eigenvalue weighted by Crippen LogP contribution is 2.36. The van der Waals surface area contributed by atoms with Crippen LogP contribution in [0.3, 0.4) is 0 Å². The van der Waals surface area contributed by atoms with Gasteiger partial charge in [-0.05, 0) is 52.7 Å². The molecule has 1 amide bonds. The number of amides is 1. The van der Waals surface area contributed by atoms with Gasteiger partial charge in [0.1, 0.15) is 5.75 Å². The van der Waals surface area contributed by atoms with Gasteiger partial charge in [-0.15, -0.1) is 0 Å². The summed E-state index contributed by atoms with van der Waals surface area (Å²) in [6.07, 6.45) is 0. The van der Waals surface area contributed by atoms with Crippen molar-refractivity contribution in [2.45, 2.75) is 13.5 Å². The largest absolute Gasteiger partial charge is 0.497 e. The molecule has 0 saturated carbocycles. The number of halogens is 2. The van der Waals surface area contributed by atoms with Gasteiger partial charge in [-0.2, -0.15) is 0 Å². The zero-order valence-corrected chi connectivity index (χ0v) is 16.4. The van der Waals surface area contributed by atoms with Gasteiger partial charge in [-0.1, -0.05) is 23.7 Å². The summed E-state index contributed by atoms with van der Waals surface area (Å²) in [7, 11) is 1.61. The molecule has 0 fully saturated rings. The number of methoxy groups -OCH3 is 1. The smallest absolute Gasteiger partial charge is 0.239 e. The summed E-state index contributed by atoms with van der Waals surface area (Å²) in [4.78, 5) is 12.1. The van der Waals surface area contributed by atoms with Gasteiger partial charge in [-0.25, -0.2) is 0 Å².